The van der Waals surface area contributed by atoms with Crippen molar-refractivity contribution >= 4 is 35.0 Å². The van der Waals surface area contributed by atoms with Gasteiger partial charge >= 0.3 is 6.03 Å². The summed E-state index contributed by atoms with van der Waals surface area (Å²) in [5.74, 6) is 0.969. The molecule has 1 saturated heterocycles. The summed E-state index contributed by atoms with van der Waals surface area (Å²) in [5.41, 5.74) is 2.44. The van der Waals surface area contributed by atoms with Crippen molar-refractivity contribution in [3.05, 3.63) is 48.2 Å². The molecule has 4 rings (SSSR count). The highest BCUT2D eigenvalue weighted by Crippen LogP contribution is 2.25. The minimum atomic E-state index is -0.354. The van der Waals surface area contributed by atoms with Gasteiger partial charge in [0.05, 0.1) is 0 Å². The van der Waals surface area contributed by atoms with Crippen molar-refractivity contribution in [1.29, 1.82) is 0 Å². The quantitative estimate of drug-likeness (QED) is 0.682. The zero-order chi connectivity index (χ0) is 21.6. The molecule has 2 aromatic rings. The van der Waals surface area contributed by atoms with E-state index in [4.69, 9.17) is 0 Å². The summed E-state index contributed by atoms with van der Waals surface area (Å²) in [6.07, 6.45) is 3.13. The smallest absolute Gasteiger partial charge is 0.319 e. The molecule has 2 aliphatic heterocycles. The lowest BCUT2D eigenvalue weighted by Gasteiger charge is -2.35. The van der Waals surface area contributed by atoms with Crippen LogP contribution in [-0.4, -0.2) is 60.5 Å². The lowest BCUT2D eigenvalue weighted by molar-refractivity contribution is -0.131. The summed E-state index contributed by atoms with van der Waals surface area (Å²) < 4.78 is 0. The number of carbonyl (C=O) groups is 3. The van der Waals surface area contributed by atoms with Gasteiger partial charge in [-0.05, 0) is 42.3 Å². The van der Waals surface area contributed by atoms with Crippen LogP contribution in [0, 0.1) is 0 Å². The first-order valence-electron chi connectivity index (χ1n) is 10.5. The number of carbonyl (C=O) groups excluding carboxylic acids is 3. The van der Waals surface area contributed by atoms with E-state index in [-0.39, 0.29) is 30.8 Å². The normalized spacial score (nSPS) is 15.7. The molecule has 162 valence electrons. The Hall–Kier alpha value is -3.62. The molecule has 0 saturated carbocycles. The lowest BCUT2D eigenvalue weighted by atomic mass is 10.0. The zero-order valence-corrected chi connectivity index (χ0v) is 17.3. The van der Waals surface area contributed by atoms with Gasteiger partial charge in [-0.2, -0.15) is 0 Å². The van der Waals surface area contributed by atoms with Gasteiger partial charge in [0.2, 0.25) is 11.8 Å². The highest BCUT2D eigenvalue weighted by molar-refractivity contribution is 5.95. The number of piperazine rings is 1. The van der Waals surface area contributed by atoms with Gasteiger partial charge in [0.15, 0.2) is 0 Å². The number of pyridine rings is 1. The fourth-order valence-electron chi connectivity index (χ4n) is 3.80. The Bertz CT molecular complexity index is 957. The SMILES string of the molecule is O=C1CCc2cc(NC(=O)NCCC(=O)N3CCN(c4ccccn4)CC3)ccc2N1. The molecule has 2 aliphatic rings. The number of hydrogen-bond donors (Lipinski definition) is 3. The number of nitrogens with one attached hydrogen (secondary N) is 3. The number of urea groups is 1. The maximum atomic E-state index is 12.5. The third-order valence-corrected chi connectivity index (χ3v) is 5.49. The number of amides is 4. The molecule has 0 spiro atoms. The molecule has 9 nitrogen and oxygen atoms in total. The number of nitrogens with zero attached hydrogens (tertiary/aromatic N) is 3. The Morgan fingerprint density at radius 2 is 1.90 bits per heavy atom. The van der Waals surface area contributed by atoms with Crippen LogP contribution in [0.5, 0.6) is 0 Å². The average molecular weight is 422 g/mol. The molecular formula is C22H26N6O3. The van der Waals surface area contributed by atoms with Crippen LogP contribution in [0.1, 0.15) is 18.4 Å². The second kappa shape index (κ2) is 9.46. The Morgan fingerprint density at radius 1 is 1.06 bits per heavy atom. The van der Waals surface area contributed by atoms with Crippen molar-refractivity contribution in [2.75, 3.05) is 48.3 Å². The van der Waals surface area contributed by atoms with Crippen molar-refractivity contribution in [3.63, 3.8) is 0 Å². The van der Waals surface area contributed by atoms with Gasteiger partial charge in [-0.3, -0.25) is 9.59 Å². The van der Waals surface area contributed by atoms with E-state index in [1.807, 2.05) is 29.2 Å². The van der Waals surface area contributed by atoms with E-state index in [9.17, 15) is 14.4 Å². The molecule has 1 aromatic carbocycles. The van der Waals surface area contributed by atoms with Crippen LogP contribution in [0.2, 0.25) is 0 Å². The highest BCUT2D eigenvalue weighted by atomic mass is 16.2. The van der Waals surface area contributed by atoms with Crippen LogP contribution in [-0.2, 0) is 16.0 Å². The summed E-state index contributed by atoms with van der Waals surface area (Å²) in [5, 5.41) is 8.33. The molecule has 0 radical (unpaired) electrons. The second-order valence-corrected chi connectivity index (χ2v) is 7.61. The first-order valence-corrected chi connectivity index (χ1v) is 10.5. The van der Waals surface area contributed by atoms with E-state index < -0.39 is 0 Å². The van der Waals surface area contributed by atoms with Crippen molar-refractivity contribution in [2.24, 2.45) is 0 Å². The van der Waals surface area contributed by atoms with Crippen LogP contribution in [0.25, 0.3) is 0 Å². The third-order valence-electron chi connectivity index (χ3n) is 5.49. The summed E-state index contributed by atoms with van der Waals surface area (Å²) >= 11 is 0. The van der Waals surface area contributed by atoms with Crippen LogP contribution < -0.4 is 20.9 Å². The van der Waals surface area contributed by atoms with Gasteiger partial charge in [-0.1, -0.05) is 6.07 Å². The Balaban J connectivity index is 1.18. The van der Waals surface area contributed by atoms with E-state index in [1.54, 1.807) is 18.3 Å². The fourth-order valence-corrected chi connectivity index (χ4v) is 3.80. The molecule has 0 bridgehead atoms. The van der Waals surface area contributed by atoms with Crippen molar-refractivity contribution in [2.45, 2.75) is 19.3 Å². The summed E-state index contributed by atoms with van der Waals surface area (Å²) in [6, 6.07) is 10.9. The van der Waals surface area contributed by atoms with Gasteiger partial charge in [-0.15, -0.1) is 0 Å². The topological polar surface area (TPSA) is 107 Å². The number of anilines is 3. The van der Waals surface area contributed by atoms with Gasteiger partial charge in [0.25, 0.3) is 0 Å². The van der Waals surface area contributed by atoms with Crippen LogP contribution in [0.3, 0.4) is 0 Å². The molecule has 31 heavy (non-hydrogen) atoms. The van der Waals surface area contributed by atoms with Crippen molar-refractivity contribution < 1.29 is 14.4 Å². The molecule has 3 heterocycles. The van der Waals surface area contributed by atoms with E-state index in [0.717, 1.165) is 30.2 Å². The maximum Gasteiger partial charge on any atom is 0.319 e. The van der Waals surface area contributed by atoms with Crippen LogP contribution in [0.15, 0.2) is 42.6 Å². The molecule has 1 fully saturated rings. The first-order chi connectivity index (χ1) is 15.1. The number of aryl methyl sites for hydroxylation is 1. The first kappa shape index (κ1) is 20.6. The minimum Gasteiger partial charge on any atom is -0.353 e. The van der Waals surface area contributed by atoms with E-state index in [2.05, 4.69) is 25.8 Å². The van der Waals surface area contributed by atoms with Gasteiger partial charge in [0.1, 0.15) is 5.82 Å². The largest absolute Gasteiger partial charge is 0.353 e. The van der Waals surface area contributed by atoms with E-state index >= 15 is 0 Å². The zero-order valence-electron chi connectivity index (χ0n) is 17.3. The summed E-state index contributed by atoms with van der Waals surface area (Å²) in [6.45, 7) is 3.05. The summed E-state index contributed by atoms with van der Waals surface area (Å²) in [7, 11) is 0. The van der Waals surface area contributed by atoms with Gasteiger partial charge < -0.3 is 25.8 Å². The Kier molecular flexibility index (Phi) is 6.30. The number of benzene rings is 1. The van der Waals surface area contributed by atoms with Gasteiger partial charge in [-0.25, -0.2) is 9.78 Å². The molecule has 3 N–H and O–H groups in total. The molecular weight excluding hydrogens is 396 g/mol. The number of hydrogen-bond acceptors (Lipinski definition) is 5. The monoisotopic (exact) mass is 422 g/mol. The maximum absolute atomic E-state index is 12.5. The molecule has 0 unspecified atom stereocenters. The second-order valence-electron chi connectivity index (χ2n) is 7.61. The number of aromatic nitrogens is 1. The van der Waals surface area contributed by atoms with E-state index in [1.165, 1.54) is 0 Å². The Morgan fingerprint density at radius 3 is 2.68 bits per heavy atom. The standard InChI is InChI=1S/C22H26N6O3/c29-20-7-4-16-15-17(5-6-18(16)26-20)25-22(31)24-10-8-21(30)28-13-11-27(12-14-28)19-3-1-2-9-23-19/h1-3,5-6,9,15H,4,7-8,10-14H2,(H,26,29)(H2,24,25,31). The molecule has 0 atom stereocenters. The number of rotatable bonds is 5. The highest BCUT2D eigenvalue weighted by Gasteiger charge is 2.21. The predicted octanol–water partition coefficient (Wildman–Crippen LogP) is 1.83. The van der Waals surface area contributed by atoms with Crippen LogP contribution >= 0.6 is 0 Å². The Labute approximate surface area is 180 Å². The average Bonchev–Trinajstić information content (AvgIpc) is 2.80. The van der Waals surface area contributed by atoms with Gasteiger partial charge in [0, 0.05) is 63.1 Å². The van der Waals surface area contributed by atoms with Crippen molar-refractivity contribution in [3.8, 4) is 0 Å². The third kappa shape index (κ3) is 5.30. The van der Waals surface area contributed by atoms with Crippen molar-refractivity contribution in [1.82, 2.24) is 15.2 Å². The molecule has 1 aromatic heterocycles. The molecule has 0 aliphatic carbocycles. The summed E-state index contributed by atoms with van der Waals surface area (Å²) in [4.78, 5) is 44.4. The fraction of sp³-hybridized carbons (Fsp3) is 0.364. The molecule has 9 heteroatoms. The lowest BCUT2D eigenvalue weighted by Crippen LogP contribution is -2.49. The number of fused-ring (bicyclic) bond motifs is 1. The predicted molar refractivity (Wildman–Crippen MR) is 118 cm³/mol. The minimum absolute atomic E-state index is 0.00812. The van der Waals surface area contributed by atoms with Crippen LogP contribution in [0.4, 0.5) is 22.0 Å². The van der Waals surface area contributed by atoms with E-state index in [0.29, 0.717) is 31.6 Å². The molecule has 4 amide bonds.